The van der Waals surface area contributed by atoms with Crippen LogP contribution in [0.15, 0.2) is 46.9 Å². The van der Waals surface area contributed by atoms with Crippen LogP contribution in [0, 0.1) is 0 Å². The molecule has 1 unspecified atom stereocenters. The molecule has 1 aromatic heterocycles. The molecule has 2 heterocycles. The number of rotatable bonds is 4. The number of aliphatic hydroxyl groups is 1. The van der Waals surface area contributed by atoms with Crippen LogP contribution >= 0.6 is 15.9 Å². The van der Waals surface area contributed by atoms with Crippen molar-refractivity contribution in [3.63, 3.8) is 0 Å². The van der Waals surface area contributed by atoms with Gasteiger partial charge in [-0.1, -0.05) is 34.1 Å². The molecule has 3 aromatic rings. The molecule has 2 aromatic carbocycles. The summed E-state index contributed by atoms with van der Waals surface area (Å²) in [4.78, 5) is 16.2. The quantitative estimate of drug-likeness (QED) is 0.589. The lowest BCUT2D eigenvalue weighted by Gasteiger charge is -2.36. The summed E-state index contributed by atoms with van der Waals surface area (Å²) in [7, 11) is 0. The van der Waals surface area contributed by atoms with E-state index < -0.39 is 11.7 Å². The fraction of sp³-hybridized carbons (Fsp3) is 0.458. The largest absolute Gasteiger partial charge is 0.444 e. The molecular weight excluding hydrogens is 458 g/mol. The summed E-state index contributed by atoms with van der Waals surface area (Å²) >= 11 is 3.57. The van der Waals surface area contributed by atoms with Crippen molar-refractivity contribution in [1.29, 1.82) is 0 Å². The van der Waals surface area contributed by atoms with Crippen molar-refractivity contribution in [2.75, 3.05) is 32.7 Å². The van der Waals surface area contributed by atoms with Crippen molar-refractivity contribution in [3.05, 3.63) is 46.9 Å². The first-order valence-electron chi connectivity index (χ1n) is 10.8. The number of halogens is 1. The number of para-hydroxylation sites is 1. The van der Waals surface area contributed by atoms with E-state index in [1.54, 1.807) is 4.90 Å². The number of carbonyl (C=O) groups is 1. The molecule has 0 saturated carbocycles. The van der Waals surface area contributed by atoms with Crippen LogP contribution in [0.2, 0.25) is 0 Å². The van der Waals surface area contributed by atoms with Crippen LogP contribution in [0.3, 0.4) is 0 Å². The van der Waals surface area contributed by atoms with Crippen LogP contribution in [0.5, 0.6) is 0 Å². The molecule has 1 fully saturated rings. The molecule has 1 saturated heterocycles. The first-order valence-corrected chi connectivity index (χ1v) is 11.6. The molecule has 0 bridgehead atoms. The molecule has 0 spiro atoms. The highest BCUT2D eigenvalue weighted by molar-refractivity contribution is 9.10. The first kappa shape index (κ1) is 22.1. The molecule has 0 aliphatic carbocycles. The molecule has 166 valence electrons. The monoisotopic (exact) mass is 487 g/mol. The predicted molar refractivity (Wildman–Crippen MR) is 127 cm³/mol. The van der Waals surface area contributed by atoms with E-state index >= 15 is 0 Å². The van der Waals surface area contributed by atoms with Gasteiger partial charge in [0.15, 0.2) is 0 Å². The lowest BCUT2D eigenvalue weighted by molar-refractivity contribution is 0.00950. The minimum Gasteiger partial charge on any atom is -0.444 e. The van der Waals surface area contributed by atoms with Crippen molar-refractivity contribution < 1.29 is 14.6 Å². The standard InChI is InChI=1S/C24H30BrN3O3/c1-24(2,3)31-23(30)27-12-10-26(11-13-27)15-18(29)16-28-21-7-5-4-6-19(21)20-14-17(25)8-9-22(20)28/h4-9,14,18,29H,10-13,15-16H2,1-3H3. The third kappa shape index (κ3) is 5.05. The van der Waals surface area contributed by atoms with Crippen LogP contribution in [-0.4, -0.2) is 70.0 Å². The Bertz CT molecular complexity index is 1080. The van der Waals surface area contributed by atoms with Gasteiger partial charge in [-0.3, -0.25) is 4.90 Å². The van der Waals surface area contributed by atoms with Crippen molar-refractivity contribution >= 4 is 43.8 Å². The van der Waals surface area contributed by atoms with Crippen molar-refractivity contribution in [3.8, 4) is 0 Å². The number of aromatic nitrogens is 1. The lowest BCUT2D eigenvalue weighted by atomic mass is 10.2. The van der Waals surface area contributed by atoms with E-state index in [2.05, 4.69) is 49.7 Å². The second-order valence-electron chi connectivity index (χ2n) is 9.21. The molecule has 6 nitrogen and oxygen atoms in total. The highest BCUT2D eigenvalue weighted by atomic mass is 79.9. The van der Waals surface area contributed by atoms with E-state index in [-0.39, 0.29) is 6.09 Å². The highest BCUT2D eigenvalue weighted by Gasteiger charge is 2.26. The molecule has 7 heteroatoms. The third-order valence-electron chi connectivity index (χ3n) is 5.62. The van der Waals surface area contributed by atoms with Gasteiger partial charge in [-0.2, -0.15) is 0 Å². The summed E-state index contributed by atoms with van der Waals surface area (Å²) < 4.78 is 8.72. The van der Waals surface area contributed by atoms with Crippen LogP contribution in [-0.2, 0) is 11.3 Å². The smallest absolute Gasteiger partial charge is 0.410 e. The summed E-state index contributed by atoms with van der Waals surface area (Å²) in [5, 5.41) is 13.3. The number of fused-ring (bicyclic) bond motifs is 3. The zero-order valence-corrected chi connectivity index (χ0v) is 19.9. The topological polar surface area (TPSA) is 57.9 Å². The number of β-amino-alcohol motifs (C(OH)–C–C–N with tert-alkyl or cyclic N) is 1. The lowest BCUT2D eigenvalue weighted by Crippen LogP contribution is -2.51. The van der Waals surface area contributed by atoms with Gasteiger partial charge in [-0.05, 0) is 45.0 Å². The number of benzene rings is 2. The highest BCUT2D eigenvalue weighted by Crippen LogP contribution is 2.31. The molecular formula is C24H30BrN3O3. The van der Waals surface area contributed by atoms with Gasteiger partial charge in [0, 0.05) is 59.0 Å². The van der Waals surface area contributed by atoms with Crippen molar-refractivity contribution in [2.45, 2.75) is 39.0 Å². The van der Waals surface area contributed by atoms with Gasteiger partial charge in [-0.15, -0.1) is 0 Å². The summed E-state index contributed by atoms with van der Waals surface area (Å²) in [5.74, 6) is 0. The Morgan fingerprint density at radius 2 is 1.71 bits per heavy atom. The summed E-state index contributed by atoms with van der Waals surface area (Å²) in [6, 6.07) is 14.6. The maximum Gasteiger partial charge on any atom is 0.410 e. The van der Waals surface area contributed by atoms with Crippen LogP contribution in [0.1, 0.15) is 20.8 Å². The minimum atomic E-state index is -0.504. The zero-order valence-electron chi connectivity index (χ0n) is 18.3. The van der Waals surface area contributed by atoms with E-state index in [1.165, 1.54) is 10.8 Å². The number of piperazine rings is 1. The Kier molecular flexibility index (Phi) is 6.28. The molecule has 1 aliphatic rings. The van der Waals surface area contributed by atoms with Crippen LogP contribution in [0.4, 0.5) is 4.79 Å². The average molecular weight is 488 g/mol. The van der Waals surface area contributed by atoms with Gasteiger partial charge in [0.25, 0.3) is 0 Å². The second kappa shape index (κ2) is 8.81. The summed E-state index contributed by atoms with van der Waals surface area (Å²) in [6.45, 7) is 9.44. The second-order valence-corrected chi connectivity index (χ2v) is 10.1. The number of nitrogens with zero attached hydrogens (tertiary/aromatic N) is 3. The van der Waals surface area contributed by atoms with Gasteiger partial charge < -0.3 is 19.3 Å². The first-order chi connectivity index (χ1) is 14.7. The van der Waals surface area contributed by atoms with E-state index in [4.69, 9.17) is 4.74 Å². The maximum absolute atomic E-state index is 12.3. The summed E-state index contributed by atoms with van der Waals surface area (Å²) in [5.41, 5.74) is 1.77. The fourth-order valence-electron chi connectivity index (χ4n) is 4.23. The van der Waals surface area contributed by atoms with Gasteiger partial charge >= 0.3 is 6.09 Å². The normalized spacial score (nSPS) is 16.7. The Balaban J connectivity index is 1.41. The Labute approximate surface area is 191 Å². The van der Waals surface area contributed by atoms with E-state index in [9.17, 15) is 9.90 Å². The van der Waals surface area contributed by atoms with Crippen molar-refractivity contribution in [1.82, 2.24) is 14.4 Å². The molecule has 1 N–H and O–H groups in total. The number of ether oxygens (including phenoxy) is 1. The van der Waals surface area contributed by atoms with E-state index in [1.807, 2.05) is 39.0 Å². The maximum atomic E-state index is 12.3. The number of amides is 1. The third-order valence-corrected chi connectivity index (χ3v) is 6.11. The Morgan fingerprint density at radius 1 is 1.03 bits per heavy atom. The summed E-state index contributed by atoms with van der Waals surface area (Å²) in [6.07, 6.45) is -0.764. The molecule has 1 amide bonds. The van der Waals surface area contributed by atoms with E-state index in [0.717, 1.165) is 28.6 Å². The SMILES string of the molecule is CC(C)(C)OC(=O)N1CCN(CC(O)Cn2c3ccccc3c3cc(Br)ccc32)CC1. The molecule has 1 aliphatic heterocycles. The molecule has 31 heavy (non-hydrogen) atoms. The number of hydrogen-bond donors (Lipinski definition) is 1. The van der Waals surface area contributed by atoms with Gasteiger partial charge in [0.05, 0.1) is 12.6 Å². The fourth-order valence-corrected chi connectivity index (χ4v) is 4.59. The Hall–Kier alpha value is -2.09. The molecule has 1 atom stereocenters. The molecule has 4 rings (SSSR count). The van der Waals surface area contributed by atoms with Gasteiger partial charge in [0.1, 0.15) is 5.60 Å². The Morgan fingerprint density at radius 3 is 2.42 bits per heavy atom. The molecule has 0 radical (unpaired) electrons. The minimum absolute atomic E-state index is 0.260. The number of hydrogen-bond acceptors (Lipinski definition) is 4. The van der Waals surface area contributed by atoms with Gasteiger partial charge in [-0.25, -0.2) is 4.79 Å². The number of aliphatic hydroxyl groups excluding tert-OH is 1. The average Bonchev–Trinajstić information content (AvgIpc) is 3.00. The van der Waals surface area contributed by atoms with E-state index in [0.29, 0.717) is 26.2 Å². The van der Waals surface area contributed by atoms with Crippen LogP contribution in [0.25, 0.3) is 21.8 Å². The predicted octanol–water partition coefficient (Wildman–Crippen LogP) is 4.47. The van der Waals surface area contributed by atoms with Crippen molar-refractivity contribution in [2.24, 2.45) is 0 Å². The van der Waals surface area contributed by atoms with Crippen LogP contribution < -0.4 is 0 Å². The van der Waals surface area contributed by atoms with Gasteiger partial charge in [0.2, 0.25) is 0 Å². The zero-order chi connectivity index (χ0) is 22.2. The number of carbonyl (C=O) groups excluding carboxylic acids is 1.